The van der Waals surface area contributed by atoms with Crippen LogP contribution in [0.4, 0.5) is 0 Å². The van der Waals surface area contributed by atoms with Crippen LogP contribution in [0.25, 0.3) is 10.9 Å². The van der Waals surface area contributed by atoms with Gasteiger partial charge in [0.05, 0.1) is 31.5 Å². The lowest BCUT2D eigenvalue weighted by Crippen LogP contribution is -2.35. The molecule has 0 unspecified atom stereocenters. The molecular weight excluding hydrogens is 282 g/mol. The zero-order chi connectivity index (χ0) is 15.5. The molecule has 6 heteroatoms. The second-order valence-electron chi connectivity index (χ2n) is 5.72. The number of hydrogen-bond donors (Lipinski definition) is 1. The zero-order valence-corrected chi connectivity index (χ0v) is 12.7. The fourth-order valence-corrected chi connectivity index (χ4v) is 3.01. The molecule has 2 aromatic rings. The van der Waals surface area contributed by atoms with Crippen LogP contribution in [0.2, 0.25) is 0 Å². The molecule has 0 amide bonds. The fourth-order valence-electron chi connectivity index (χ4n) is 3.01. The molecule has 6 nitrogen and oxygen atoms in total. The van der Waals surface area contributed by atoms with Crippen molar-refractivity contribution in [2.75, 3.05) is 26.7 Å². The van der Waals surface area contributed by atoms with Gasteiger partial charge in [-0.25, -0.2) is 4.98 Å². The summed E-state index contributed by atoms with van der Waals surface area (Å²) in [5.41, 5.74) is 0.407. The van der Waals surface area contributed by atoms with Crippen LogP contribution in [-0.4, -0.2) is 52.4 Å². The van der Waals surface area contributed by atoms with E-state index in [1.165, 1.54) is 23.7 Å². The molecule has 3 rings (SSSR count). The van der Waals surface area contributed by atoms with Gasteiger partial charge in [-0.15, -0.1) is 0 Å². The largest absolute Gasteiger partial charge is 0.494 e. The predicted octanol–water partition coefficient (Wildman–Crippen LogP) is 0.862. The Kier molecular flexibility index (Phi) is 4.40. The summed E-state index contributed by atoms with van der Waals surface area (Å²) < 4.78 is 6.70. The number of aliphatic hydroxyl groups excluding tert-OH is 1. The van der Waals surface area contributed by atoms with Gasteiger partial charge in [-0.1, -0.05) is 6.07 Å². The number of nitrogens with zero attached hydrogens (tertiary/aromatic N) is 3. The Bertz CT molecular complexity index is 707. The zero-order valence-electron chi connectivity index (χ0n) is 12.7. The number of ether oxygens (including phenoxy) is 1. The maximum atomic E-state index is 12.5. The Morgan fingerprint density at radius 3 is 2.82 bits per heavy atom. The van der Waals surface area contributed by atoms with Gasteiger partial charge in [-0.3, -0.25) is 9.36 Å². The van der Waals surface area contributed by atoms with Crippen molar-refractivity contribution in [3.05, 3.63) is 34.9 Å². The number of para-hydroxylation sites is 1. The van der Waals surface area contributed by atoms with Crippen molar-refractivity contribution in [2.24, 2.45) is 0 Å². The molecule has 1 aromatic carbocycles. The minimum absolute atomic E-state index is 0.149. The van der Waals surface area contributed by atoms with Gasteiger partial charge < -0.3 is 14.7 Å². The van der Waals surface area contributed by atoms with E-state index in [0.29, 0.717) is 23.2 Å². The van der Waals surface area contributed by atoms with E-state index in [0.717, 1.165) is 13.1 Å². The number of aromatic nitrogens is 2. The molecule has 0 aliphatic carbocycles. The van der Waals surface area contributed by atoms with Crippen molar-refractivity contribution in [2.45, 2.75) is 25.5 Å². The van der Waals surface area contributed by atoms with Crippen molar-refractivity contribution in [1.82, 2.24) is 14.5 Å². The highest BCUT2D eigenvalue weighted by Gasteiger charge is 2.17. The number of aliphatic hydroxyl groups is 1. The monoisotopic (exact) mass is 303 g/mol. The number of fused-ring (bicyclic) bond motifs is 1. The molecule has 22 heavy (non-hydrogen) atoms. The minimum Gasteiger partial charge on any atom is -0.494 e. The van der Waals surface area contributed by atoms with Gasteiger partial charge in [0.2, 0.25) is 0 Å². The molecule has 0 spiro atoms. The van der Waals surface area contributed by atoms with E-state index in [2.05, 4.69) is 9.88 Å². The molecule has 1 aliphatic heterocycles. The van der Waals surface area contributed by atoms with Crippen LogP contribution in [0.3, 0.4) is 0 Å². The van der Waals surface area contributed by atoms with Gasteiger partial charge in [0.25, 0.3) is 5.56 Å². The number of hydrogen-bond acceptors (Lipinski definition) is 5. The number of rotatable bonds is 5. The van der Waals surface area contributed by atoms with Crippen LogP contribution in [0.15, 0.2) is 29.3 Å². The van der Waals surface area contributed by atoms with Crippen LogP contribution in [0, 0.1) is 0 Å². The van der Waals surface area contributed by atoms with E-state index >= 15 is 0 Å². The highest BCUT2D eigenvalue weighted by molar-refractivity contribution is 5.83. The molecule has 0 saturated carbocycles. The van der Waals surface area contributed by atoms with E-state index in [1.54, 1.807) is 25.3 Å². The minimum atomic E-state index is -0.569. The summed E-state index contributed by atoms with van der Waals surface area (Å²) in [7, 11) is 1.56. The quantitative estimate of drug-likeness (QED) is 0.887. The number of benzene rings is 1. The average molecular weight is 303 g/mol. The highest BCUT2D eigenvalue weighted by Crippen LogP contribution is 2.20. The number of methoxy groups -OCH3 is 1. The first kappa shape index (κ1) is 15.0. The third-order valence-corrected chi connectivity index (χ3v) is 4.11. The molecule has 0 bridgehead atoms. The second kappa shape index (κ2) is 6.46. The Hall–Kier alpha value is -1.92. The van der Waals surface area contributed by atoms with Gasteiger partial charge in [-0.2, -0.15) is 0 Å². The number of β-amino-alcohol motifs (C(OH)–C–C–N with tert-alkyl or cyclic N) is 1. The summed E-state index contributed by atoms with van der Waals surface area (Å²) in [4.78, 5) is 19.1. The summed E-state index contributed by atoms with van der Waals surface area (Å²) in [5.74, 6) is 0.583. The standard InChI is InChI=1S/C16H21N3O3/c1-22-14-6-4-5-13-15(14)17-11-19(16(13)21)10-12(20)9-18-7-2-3-8-18/h4-6,11-12,20H,2-3,7-10H2,1H3/t12-/m0/s1. The number of likely N-dealkylation sites (tertiary alicyclic amines) is 1. The van der Waals surface area contributed by atoms with Crippen LogP contribution in [-0.2, 0) is 6.54 Å². The van der Waals surface area contributed by atoms with Crippen molar-refractivity contribution in [3.63, 3.8) is 0 Å². The van der Waals surface area contributed by atoms with Crippen molar-refractivity contribution >= 4 is 10.9 Å². The molecule has 1 fully saturated rings. The Morgan fingerprint density at radius 2 is 2.09 bits per heavy atom. The summed E-state index contributed by atoms with van der Waals surface area (Å²) in [6.07, 6.45) is 3.29. The predicted molar refractivity (Wildman–Crippen MR) is 84.2 cm³/mol. The van der Waals surface area contributed by atoms with E-state index in [4.69, 9.17) is 4.74 Å². The van der Waals surface area contributed by atoms with Crippen molar-refractivity contribution < 1.29 is 9.84 Å². The third kappa shape index (κ3) is 2.98. The molecule has 1 N–H and O–H groups in total. The van der Waals surface area contributed by atoms with Gasteiger partial charge in [0.1, 0.15) is 11.3 Å². The van der Waals surface area contributed by atoms with Crippen LogP contribution in [0.1, 0.15) is 12.8 Å². The lowest BCUT2D eigenvalue weighted by atomic mass is 10.2. The first-order chi connectivity index (χ1) is 10.7. The molecule has 1 atom stereocenters. The van der Waals surface area contributed by atoms with Gasteiger partial charge in [0, 0.05) is 6.54 Å². The SMILES string of the molecule is COc1cccc2c(=O)n(C[C@@H](O)CN3CCCC3)cnc12. The second-order valence-corrected chi connectivity index (χ2v) is 5.72. The normalized spacial score (nSPS) is 17.0. The molecule has 1 aliphatic rings. The lowest BCUT2D eigenvalue weighted by molar-refractivity contribution is 0.108. The van der Waals surface area contributed by atoms with Gasteiger partial charge >= 0.3 is 0 Å². The molecule has 2 heterocycles. The van der Waals surface area contributed by atoms with Crippen LogP contribution in [0.5, 0.6) is 5.75 Å². The Morgan fingerprint density at radius 1 is 1.32 bits per heavy atom. The molecule has 118 valence electrons. The summed E-state index contributed by atoms with van der Waals surface area (Å²) in [5, 5.41) is 10.7. The molecule has 1 saturated heterocycles. The smallest absolute Gasteiger partial charge is 0.261 e. The molecule has 0 radical (unpaired) electrons. The molecule has 1 aromatic heterocycles. The van der Waals surface area contributed by atoms with E-state index in [9.17, 15) is 9.90 Å². The van der Waals surface area contributed by atoms with E-state index in [-0.39, 0.29) is 12.1 Å². The summed E-state index contributed by atoms with van der Waals surface area (Å²) in [6, 6.07) is 5.28. The van der Waals surface area contributed by atoms with Gasteiger partial charge in [0.15, 0.2) is 0 Å². The topological polar surface area (TPSA) is 67.6 Å². The average Bonchev–Trinajstić information content (AvgIpc) is 3.02. The van der Waals surface area contributed by atoms with Gasteiger partial charge in [-0.05, 0) is 38.1 Å². The summed E-state index contributed by atoms with van der Waals surface area (Å²) >= 11 is 0. The highest BCUT2D eigenvalue weighted by atomic mass is 16.5. The van der Waals surface area contributed by atoms with Crippen LogP contribution < -0.4 is 10.3 Å². The Balaban J connectivity index is 1.82. The van der Waals surface area contributed by atoms with Crippen molar-refractivity contribution in [1.29, 1.82) is 0 Å². The maximum Gasteiger partial charge on any atom is 0.261 e. The summed E-state index contributed by atoms with van der Waals surface area (Å²) in [6.45, 7) is 2.91. The van der Waals surface area contributed by atoms with Crippen LogP contribution >= 0.6 is 0 Å². The van der Waals surface area contributed by atoms with E-state index < -0.39 is 6.10 Å². The molecular formula is C16H21N3O3. The van der Waals surface area contributed by atoms with Crippen molar-refractivity contribution in [3.8, 4) is 5.75 Å². The first-order valence-corrected chi connectivity index (χ1v) is 7.61. The van der Waals surface area contributed by atoms with E-state index in [1.807, 2.05) is 0 Å². The lowest BCUT2D eigenvalue weighted by Gasteiger charge is -2.20. The first-order valence-electron chi connectivity index (χ1n) is 7.61. The Labute approximate surface area is 129 Å². The maximum absolute atomic E-state index is 12.5. The third-order valence-electron chi connectivity index (χ3n) is 4.11. The fraction of sp³-hybridized carbons (Fsp3) is 0.500.